The lowest BCUT2D eigenvalue weighted by molar-refractivity contribution is 0.0544. The van der Waals surface area contributed by atoms with Crippen molar-refractivity contribution in [2.45, 2.75) is 26.4 Å². The van der Waals surface area contributed by atoms with Crippen LogP contribution in [-0.2, 0) is 4.74 Å². The Balaban J connectivity index is 2.38. The van der Waals surface area contributed by atoms with Crippen molar-refractivity contribution in [3.05, 3.63) is 36.0 Å². The van der Waals surface area contributed by atoms with E-state index in [0.29, 0.717) is 0 Å². The van der Waals surface area contributed by atoms with Gasteiger partial charge in [0, 0.05) is 11.6 Å². The van der Waals surface area contributed by atoms with Gasteiger partial charge in [-0.1, -0.05) is 11.2 Å². The Bertz CT molecular complexity index is 636. The maximum atomic E-state index is 12.0. The topological polar surface area (TPSA) is 63.8 Å². The van der Waals surface area contributed by atoms with E-state index in [9.17, 15) is 4.79 Å². The zero-order valence-corrected chi connectivity index (χ0v) is 11.1. The first-order valence-electron chi connectivity index (χ1n) is 5.92. The third-order valence-electron chi connectivity index (χ3n) is 2.51. The Morgan fingerprint density at radius 1 is 1.37 bits per heavy atom. The minimum atomic E-state index is -0.531. The predicted octanol–water partition coefficient (Wildman–Crippen LogP) is 3.23. The predicted molar refractivity (Wildman–Crippen MR) is 73.0 cm³/mol. The van der Waals surface area contributed by atoms with Gasteiger partial charge in [0.2, 0.25) is 0 Å². The average molecular weight is 260 g/mol. The zero-order chi connectivity index (χ0) is 14.0. The van der Waals surface area contributed by atoms with E-state index in [0.717, 1.165) is 16.5 Å². The summed E-state index contributed by atoms with van der Waals surface area (Å²) in [5, 5.41) is 12.4. The fourth-order valence-electron chi connectivity index (χ4n) is 1.78. The molecule has 1 N–H and O–H groups in total. The van der Waals surface area contributed by atoms with Gasteiger partial charge in [-0.15, -0.1) is 0 Å². The van der Waals surface area contributed by atoms with Crippen molar-refractivity contribution < 1.29 is 14.7 Å². The molecule has 5 nitrogen and oxygen atoms in total. The molecule has 2 aromatic rings. The summed E-state index contributed by atoms with van der Waals surface area (Å²) in [6.45, 7) is 5.48. The number of carbonyl (C=O) groups excluding carboxylic acids is 1. The van der Waals surface area contributed by atoms with Crippen molar-refractivity contribution in [2.75, 3.05) is 0 Å². The highest BCUT2D eigenvalue weighted by atomic mass is 16.6. The highest BCUT2D eigenvalue weighted by molar-refractivity contribution is 5.93. The van der Waals surface area contributed by atoms with Crippen LogP contribution >= 0.6 is 0 Å². The van der Waals surface area contributed by atoms with E-state index >= 15 is 0 Å². The van der Waals surface area contributed by atoms with Gasteiger partial charge in [0.1, 0.15) is 5.60 Å². The van der Waals surface area contributed by atoms with E-state index in [1.807, 2.05) is 32.9 Å². The summed E-state index contributed by atoms with van der Waals surface area (Å²) in [7, 11) is 0. The summed E-state index contributed by atoms with van der Waals surface area (Å²) in [5.74, 6) is 0. The van der Waals surface area contributed by atoms with E-state index in [1.54, 1.807) is 18.3 Å². The summed E-state index contributed by atoms with van der Waals surface area (Å²) in [6, 6.07) is 7.20. The standard InChI is InChI=1S/C14H16N2O3/c1-14(2,3)19-13(17)16-7-6-11-8-10(9-15-18)4-5-12(11)16/h4-9,18H,1-3H3/b15-9-. The van der Waals surface area contributed by atoms with Crippen molar-refractivity contribution in [2.24, 2.45) is 5.16 Å². The van der Waals surface area contributed by atoms with Crippen LogP contribution in [0.4, 0.5) is 4.79 Å². The fourth-order valence-corrected chi connectivity index (χ4v) is 1.78. The summed E-state index contributed by atoms with van der Waals surface area (Å²) in [4.78, 5) is 12.0. The molecule has 0 spiro atoms. The van der Waals surface area contributed by atoms with E-state index in [2.05, 4.69) is 5.16 Å². The molecule has 0 aliphatic rings. The van der Waals surface area contributed by atoms with Crippen LogP contribution in [-0.4, -0.2) is 27.7 Å². The highest BCUT2D eigenvalue weighted by Gasteiger charge is 2.18. The molecule has 0 unspecified atom stereocenters. The summed E-state index contributed by atoms with van der Waals surface area (Å²) >= 11 is 0. The normalized spacial score (nSPS) is 12.2. The lowest BCUT2D eigenvalue weighted by Gasteiger charge is -2.19. The molecule has 0 saturated carbocycles. The lowest BCUT2D eigenvalue weighted by Crippen LogP contribution is -2.26. The van der Waals surface area contributed by atoms with Gasteiger partial charge in [0.15, 0.2) is 0 Å². The first-order chi connectivity index (χ1) is 8.90. The molecule has 0 atom stereocenters. The van der Waals surface area contributed by atoms with Crippen LogP contribution in [0.3, 0.4) is 0 Å². The number of oxime groups is 1. The molecule has 0 amide bonds. The number of ether oxygens (including phenoxy) is 1. The second-order valence-electron chi connectivity index (χ2n) is 5.23. The molecule has 0 saturated heterocycles. The third kappa shape index (κ3) is 2.93. The molecule has 2 rings (SSSR count). The SMILES string of the molecule is CC(C)(C)OC(=O)n1ccc2cc(/C=N\O)ccc21. The molecular weight excluding hydrogens is 244 g/mol. The van der Waals surface area contributed by atoms with Gasteiger partial charge in [-0.2, -0.15) is 0 Å². The Morgan fingerprint density at radius 3 is 2.74 bits per heavy atom. The number of fused-ring (bicyclic) bond motifs is 1. The summed E-state index contributed by atoms with van der Waals surface area (Å²) in [6.07, 6.45) is 2.59. The molecule has 100 valence electrons. The Kier molecular flexibility index (Phi) is 3.29. The number of carbonyl (C=O) groups is 1. The molecule has 0 fully saturated rings. The Morgan fingerprint density at radius 2 is 2.11 bits per heavy atom. The molecule has 1 heterocycles. The Hall–Kier alpha value is -2.30. The van der Waals surface area contributed by atoms with E-state index in [1.165, 1.54) is 10.8 Å². The molecular formula is C14H16N2O3. The monoisotopic (exact) mass is 260 g/mol. The first kappa shape index (κ1) is 13.1. The largest absolute Gasteiger partial charge is 0.443 e. The molecule has 19 heavy (non-hydrogen) atoms. The van der Waals surface area contributed by atoms with Crippen LogP contribution in [0.15, 0.2) is 35.6 Å². The molecule has 0 aliphatic heterocycles. The summed E-state index contributed by atoms with van der Waals surface area (Å²) < 4.78 is 6.78. The van der Waals surface area contributed by atoms with Gasteiger partial charge in [-0.3, -0.25) is 4.57 Å². The van der Waals surface area contributed by atoms with Crippen LogP contribution in [0.25, 0.3) is 10.9 Å². The van der Waals surface area contributed by atoms with Gasteiger partial charge in [0.05, 0.1) is 11.7 Å². The van der Waals surface area contributed by atoms with Crippen LogP contribution in [0, 0.1) is 0 Å². The van der Waals surface area contributed by atoms with Gasteiger partial charge in [0.25, 0.3) is 0 Å². The molecule has 5 heteroatoms. The van der Waals surface area contributed by atoms with Crippen molar-refractivity contribution >= 4 is 23.2 Å². The second kappa shape index (κ2) is 4.76. The van der Waals surface area contributed by atoms with E-state index < -0.39 is 11.7 Å². The van der Waals surface area contributed by atoms with E-state index in [-0.39, 0.29) is 0 Å². The smallest absolute Gasteiger partial charge is 0.418 e. The van der Waals surface area contributed by atoms with Crippen LogP contribution in [0.5, 0.6) is 0 Å². The number of hydrogen-bond donors (Lipinski definition) is 1. The quantitative estimate of drug-likeness (QED) is 0.486. The van der Waals surface area contributed by atoms with Gasteiger partial charge in [-0.25, -0.2) is 4.79 Å². The van der Waals surface area contributed by atoms with Crippen LogP contribution in [0.2, 0.25) is 0 Å². The van der Waals surface area contributed by atoms with Gasteiger partial charge in [-0.05, 0) is 44.5 Å². The number of nitrogens with zero attached hydrogens (tertiary/aromatic N) is 2. The highest BCUT2D eigenvalue weighted by Crippen LogP contribution is 2.19. The van der Waals surface area contributed by atoms with Crippen molar-refractivity contribution in [1.29, 1.82) is 0 Å². The van der Waals surface area contributed by atoms with Crippen molar-refractivity contribution in [1.82, 2.24) is 4.57 Å². The van der Waals surface area contributed by atoms with Crippen LogP contribution < -0.4 is 0 Å². The number of benzene rings is 1. The fraction of sp³-hybridized carbons (Fsp3) is 0.286. The van der Waals surface area contributed by atoms with Crippen LogP contribution in [0.1, 0.15) is 26.3 Å². The van der Waals surface area contributed by atoms with Crippen molar-refractivity contribution in [3.8, 4) is 0 Å². The number of aromatic nitrogens is 1. The Labute approximate surface area is 111 Å². The molecule has 1 aromatic carbocycles. The first-order valence-corrected chi connectivity index (χ1v) is 5.92. The number of rotatable bonds is 1. The van der Waals surface area contributed by atoms with Gasteiger partial charge >= 0.3 is 6.09 Å². The summed E-state index contributed by atoms with van der Waals surface area (Å²) in [5.41, 5.74) is 0.984. The maximum absolute atomic E-state index is 12.0. The molecule has 0 bridgehead atoms. The van der Waals surface area contributed by atoms with Crippen molar-refractivity contribution in [3.63, 3.8) is 0 Å². The average Bonchev–Trinajstić information content (AvgIpc) is 2.70. The minimum Gasteiger partial charge on any atom is -0.443 e. The maximum Gasteiger partial charge on any atom is 0.418 e. The minimum absolute atomic E-state index is 0.411. The third-order valence-corrected chi connectivity index (χ3v) is 2.51. The molecule has 0 aliphatic carbocycles. The zero-order valence-electron chi connectivity index (χ0n) is 11.1. The van der Waals surface area contributed by atoms with E-state index in [4.69, 9.17) is 9.94 Å². The lowest BCUT2D eigenvalue weighted by atomic mass is 10.2. The number of hydrogen-bond acceptors (Lipinski definition) is 4. The van der Waals surface area contributed by atoms with Gasteiger partial charge < -0.3 is 9.94 Å². The second-order valence-corrected chi connectivity index (χ2v) is 5.23. The molecule has 1 aromatic heterocycles. The molecule has 0 radical (unpaired) electrons.